The van der Waals surface area contributed by atoms with Gasteiger partial charge in [-0.3, -0.25) is 4.79 Å². The standard InChI is InChI=1S/C5H14N2.C3H7NO.ClH/c1-7(2)5-3-4-6;1-4(2)3-5;/h3-6H2,1-2H3;3H,1-2H3;1H. The highest BCUT2D eigenvalue weighted by Crippen LogP contribution is 1.76. The Balaban J connectivity index is -0.000000150. The Hall–Kier alpha value is -0.320. The van der Waals surface area contributed by atoms with Crippen LogP contribution < -0.4 is 5.73 Å². The molecule has 13 heavy (non-hydrogen) atoms. The van der Waals surface area contributed by atoms with Crippen LogP contribution in [0.25, 0.3) is 0 Å². The first-order valence-electron chi connectivity index (χ1n) is 4.01. The van der Waals surface area contributed by atoms with Crippen LogP contribution in [0.15, 0.2) is 0 Å². The molecule has 4 nitrogen and oxygen atoms in total. The van der Waals surface area contributed by atoms with Crippen molar-refractivity contribution in [2.75, 3.05) is 41.3 Å². The summed E-state index contributed by atoms with van der Waals surface area (Å²) in [6.45, 7) is 1.91. The van der Waals surface area contributed by atoms with E-state index in [9.17, 15) is 4.79 Å². The lowest BCUT2D eigenvalue weighted by molar-refractivity contribution is -0.115. The zero-order valence-corrected chi connectivity index (χ0v) is 9.80. The van der Waals surface area contributed by atoms with Crippen LogP contribution in [-0.4, -0.2) is 57.5 Å². The molecule has 0 heterocycles. The van der Waals surface area contributed by atoms with E-state index >= 15 is 0 Å². The highest BCUT2D eigenvalue weighted by Gasteiger charge is 1.83. The zero-order valence-electron chi connectivity index (χ0n) is 8.99. The minimum absolute atomic E-state index is 0. The van der Waals surface area contributed by atoms with Gasteiger partial charge in [-0.25, -0.2) is 0 Å². The average Bonchev–Trinajstić information content (AvgIpc) is 2.02. The number of amides is 1. The summed E-state index contributed by atoms with van der Waals surface area (Å²) in [5.41, 5.74) is 5.25. The molecule has 0 aliphatic carbocycles. The molecule has 0 fully saturated rings. The molecule has 0 saturated carbocycles. The molecule has 0 aliphatic rings. The summed E-state index contributed by atoms with van der Waals surface area (Å²) in [7, 11) is 7.48. The van der Waals surface area contributed by atoms with Gasteiger partial charge in [-0.1, -0.05) is 0 Å². The Bertz CT molecular complexity index is 99.4. The monoisotopic (exact) mass is 211 g/mol. The van der Waals surface area contributed by atoms with Gasteiger partial charge in [0.1, 0.15) is 0 Å². The van der Waals surface area contributed by atoms with E-state index < -0.39 is 0 Å². The van der Waals surface area contributed by atoms with Gasteiger partial charge in [-0.05, 0) is 33.6 Å². The molecule has 82 valence electrons. The largest absolute Gasteiger partial charge is 0.351 e. The van der Waals surface area contributed by atoms with Crippen LogP contribution in [0.5, 0.6) is 0 Å². The normalized spacial score (nSPS) is 8.15. The fourth-order valence-corrected chi connectivity index (χ4v) is 0.408. The van der Waals surface area contributed by atoms with Crippen molar-refractivity contribution in [2.24, 2.45) is 5.73 Å². The molecule has 0 atom stereocenters. The molecule has 0 aliphatic heterocycles. The van der Waals surface area contributed by atoms with Crippen molar-refractivity contribution >= 4 is 18.8 Å². The zero-order chi connectivity index (χ0) is 9.98. The van der Waals surface area contributed by atoms with Gasteiger partial charge in [-0.15, -0.1) is 12.4 Å². The number of rotatable bonds is 4. The topological polar surface area (TPSA) is 49.6 Å². The highest BCUT2D eigenvalue weighted by atomic mass is 35.5. The molecule has 0 unspecified atom stereocenters. The molecule has 0 saturated heterocycles. The summed E-state index contributed by atoms with van der Waals surface area (Å²) >= 11 is 0. The summed E-state index contributed by atoms with van der Waals surface area (Å²) in [6.07, 6.45) is 1.85. The number of hydrogen-bond acceptors (Lipinski definition) is 3. The molecular weight excluding hydrogens is 190 g/mol. The van der Waals surface area contributed by atoms with Crippen LogP contribution >= 0.6 is 12.4 Å². The van der Waals surface area contributed by atoms with Crippen molar-refractivity contribution in [3.63, 3.8) is 0 Å². The Kier molecular flexibility index (Phi) is 20.2. The van der Waals surface area contributed by atoms with Crippen molar-refractivity contribution in [3.05, 3.63) is 0 Å². The summed E-state index contributed by atoms with van der Waals surface area (Å²) < 4.78 is 0. The van der Waals surface area contributed by atoms with Crippen molar-refractivity contribution in [2.45, 2.75) is 6.42 Å². The molecule has 0 radical (unpaired) electrons. The Labute approximate surface area is 87.5 Å². The van der Waals surface area contributed by atoms with Crippen LogP contribution in [-0.2, 0) is 4.79 Å². The minimum Gasteiger partial charge on any atom is -0.351 e. The van der Waals surface area contributed by atoms with Crippen LogP contribution in [0.1, 0.15) is 6.42 Å². The first kappa shape index (κ1) is 18.5. The van der Waals surface area contributed by atoms with Gasteiger partial charge in [0.15, 0.2) is 0 Å². The van der Waals surface area contributed by atoms with Gasteiger partial charge >= 0.3 is 0 Å². The van der Waals surface area contributed by atoms with Crippen LogP contribution in [0.4, 0.5) is 0 Å². The molecule has 0 aromatic carbocycles. The smallest absolute Gasteiger partial charge is 0.209 e. The van der Waals surface area contributed by atoms with Crippen molar-refractivity contribution in [3.8, 4) is 0 Å². The molecule has 1 amide bonds. The first-order chi connectivity index (χ1) is 5.54. The fraction of sp³-hybridized carbons (Fsp3) is 0.875. The number of nitrogens with two attached hydrogens (primary N) is 1. The summed E-state index contributed by atoms with van der Waals surface area (Å²) in [5, 5.41) is 0. The summed E-state index contributed by atoms with van der Waals surface area (Å²) in [5.74, 6) is 0. The first-order valence-corrected chi connectivity index (χ1v) is 4.01. The molecule has 5 heteroatoms. The molecular formula is C8H22ClN3O. The Morgan fingerprint density at radius 3 is 1.69 bits per heavy atom. The third kappa shape index (κ3) is 33.9. The van der Waals surface area contributed by atoms with E-state index in [1.807, 2.05) is 0 Å². The van der Waals surface area contributed by atoms with E-state index in [0.29, 0.717) is 0 Å². The molecule has 0 spiro atoms. The van der Waals surface area contributed by atoms with Gasteiger partial charge in [0.2, 0.25) is 6.41 Å². The number of hydrogen-bond donors (Lipinski definition) is 1. The van der Waals surface area contributed by atoms with E-state index in [0.717, 1.165) is 25.9 Å². The second-order valence-electron chi connectivity index (χ2n) is 3.01. The second-order valence-corrected chi connectivity index (χ2v) is 3.01. The van der Waals surface area contributed by atoms with Gasteiger partial charge in [0.25, 0.3) is 0 Å². The minimum atomic E-state index is 0. The van der Waals surface area contributed by atoms with E-state index in [2.05, 4.69) is 19.0 Å². The Morgan fingerprint density at radius 1 is 1.23 bits per heavy atom. The molecule has 0 aromatic rings. The van der Waals surface area contributed by atoms with E-state index in [4.69, 9.17) is 5.73 Å². The highest BCUT2D eigenvalue weighted by molar-refractivity contribution is 5.85. The maximum atomic E-state index is 9.43. The lowest BCUT2D eigenvalue weighted by Crippen LogP contribution is -2.16. The van der Waals surface area contributed by atoms with Gasteiger partial charge in [-0.2, -0.15) is 0 Å². The average molecular weight is 212 g/mol. The second kappa shape index (κ2) is 14.2. The summed E-state index contributed by atoms with van der Waals surface area (Å²) in [4.78, 5) is 13.0. The predicted octanol–water partition coefficient (Wildman–Crippen LogP) is 0.0230. The van der Waals surface area contributed by atoms with Crippen LogP contribution in [0, 0.1) is 0 Å². The number of nitrogens with zero attached hydrogens (tertiary/aromatic N) is 2. The predicted molar refractivity (Wildman–Crippen MR) is 59.2 cm³/mol. The number of carbonyl (C=O) groups excluding carboxylic acids is 1. The third-order valence-electron chi connectivity index (χ3n) is 1.02. The maximum absolute atomic E-state index is 9.43. The molecule has 0 bridgehead atoms. The lowest BCUT2D eigenvalue weighted by atomic mass is 10.4. The molecule has 0 aromatic heterocycles. The molecule has 0 rings (SSSR count). The maximum Gasteiger partial charge on any atom is 0.209 e. The van der Waals surface area contributed by atoms with Gasteiger partial charge in [0, 0.05) is 14.1 Å². The van der Waals surface area contributed by atoms with Gasteiger partial charge < -0.3 is 15.5 Å². The lowest BCUT2D eigenvalue weighted by Gasteiger charge is -2.05. The number of halogens is 1. The van der Waals surface area contributed by atoms with Crippen molar-refractivity contribution < 1.29 is 4.79 Å². The summed E-state index contributed by atoms with van der Waals surface area (Å²) in [6, 6.07) is 0. The van der Waals surface area contributed by atoms with Gasteiger partial charge in [0.05, 0.1) is 0 Å². The van der Waals surface area contributed by atoms with Crippen LogP contribution in [0.2, 0.25) is 0 Å². The van der Waals surface area contributed by atoms with Crippen LogP contribution in [0.3, 0.4) is 0 Å². The fourth-order valence-electron chi connectivity index (χ4n) is 0.408. The van der Waals surface area contributed by atoms with Crippen molar-refractivity contribution in [1.82, 2.24) is 9.80 Å². The Morgan fingerprint density at radius 2 is 1.62 bits per heavy atom. The third-order valence-corrected chi connectivity index (χ3v) is 1.02. The van der Waals surface area contributed by atoms with E-state index in [1.165, 1.54) is 4.90 Å². The van der Waals surface area contributed by atoms with E-state index in [-0.39, 0.29) is 12.4 Å². The SMILES string of the molecule is CN(C)C=O.CN(C)CCCN.Cl. The number of carbonyl (C=O) groups is 1. The van der Waals surface area contributed by atoms with E-state index in [1.54, 1.807) is 14.1 Å². The quantitative estimate of drug-likeness (QED) is 0.668. The van der Waals surface area contributed by atoms with Crippen molar-refractivity contribution in [1.29, 1.82) is 0 Å². The molecule has 2 N–H and O–H groups in total.